The summed E-state index contributed by atoms with van der Waals surface area (Å²) in [5.74, 6) is 0.730. The molecule has 6 aromatic carbocycles. The SMILES string of the molecule is CC1(C)c2ccc(-c3ccc(-c4cc(-c5ccccc5)nc(-c5ccccc5)n4)cc3)cc2-c2cc3c(cc21)Sc1ccccc1S3. The topological polar surface area (TPSA) is 25.8 Å². The number of hydrogen-bond acceptors (Lipinski definition) is 4. The van der Waals surface area contributed by atoms with Gasteiger partial charge in [-0.1, -0.05) is 147 Å². The Kier molecular flexibility index (Phi) is 6.70. The molecule has 1 aliphatic heterocycles. The van der Waals surface area contributed by atoms with E-state index in [1.807, 2.05) is 47.8 Å². The minimum atomic E-state index is -0.0514. The number of fused-ring (bicyclic) bond motifs is 5. The van der Waals surface area contributed by atoms with Gasteiger partial charge in [0.2, 0.25) is 0 Å². The molecule has 0 atom stereocenters. The van der Waals surface area contributed by atoms with Crippen LogP contribution in [0.5, 0.6) is 0 Å². The summed E-state index contributed by atoms with van der Waals surface area (Å²) in [6, 6.07) is 52.1. The zero-order valence-electron chi connectivity index (χ0n) is 26.1. The Morgan fingerprint density at radius 3 is 1.57 bits per heavy atom. The number of aromatic nitrogens is 2. The Balaban J connectivity index is 1.08. The fourth-order valence-corrected chi connectivity index (χ4v) is 9.13. The predicted molar refractivity (Wildman–Crippen MR) is 196 cm³/mol. The maximum absolute atomic E-state index is 5.02. The van der Waals surface area contributed by atoms with Crippen molar-refractivity contribution in [2.45, 2.75) is 38.8 Å². The van der Waals surface area contributed by atoms with E-state index in [0.29, 0.717) is 0 Å². The van der Waals surface area contributed by atoms with Gasteiger partial charge in [-0.2, -0.15) is 0 Å². The van der Waals surface area contributed by atoms with E-state index in [2.05, 4.69) is 135 Å². The van der Waals surface area contributed by atoms with Crippen LogP contribution in [0, 0.1) is 0 Å². The van der Waals surface area contributed by atoms with Gasteiger partial charge >= 0.3 is 0 Å². The minimum absolute atomic E-state index is 0.0514. The summed E-state index contributed by atoms with van der Waals surface area (Å²) in [6.45, 7) is 4.73. The molecule has 0 saturated heterocycles. The van der Waals surface area contributed by atoms with Crippen LogP contribution in [0.2, 0.25) is 0 Å². The van der Waals surface area contributed by atoms with Crippen LogP contribution in [0.4, 0.5) is 0 Å². The second kappa shape index (κ2) is 11.1. The molecule has 2 heterocycles. The molecule has 0 fully saturated rings. The van der Waals surface area contributed by atoms with Crippen LogP contribution in [-0.4, -0.2) is 9.97 Å². The first-order valence-corrected chi connectivity index (χ1v) is 17.5. The van der Waals surface area contributed by atoms with Crippen molar-refractivity contribution >= 4 is 23.5 Å². The molecule has 0 saturated carbocycles. The van der Waals surface area contributed by atoms with Crippen molar-refractivity contribution in [1.82, 2.24) is 9.97 Å². The minimum Gasteiger partial charge on any atom is -0.228 e. The van der Waals surface area contributed by atoms with Gasteiger partial charge in [0.05, 0.1) is 11.4 Å². The van der Waals surface area contributed by atoms with E-state index in [9.17, 15) is 0 Å². The van der Waals surface area contributed by atoms with Crippen LogP contribution in [0.3, 0.4) is 0 Å². The number of rotatable bonds is 4. The van der Waals surface area contributed by atoms with Crippen LogP contribution >= 0.6 is 23.5 Å². The molecule has 0 radical (unpaired) electrons. The standard InChI is InChI=1S/C43H30N2S2/c1-43(2)34-22-21-31(23-32(34)33-24-40-41(25-35(33)43)47-39-16-10-9-15-38(39)46-40)27-17-19-29(20-18-27)37-26-36(28-11-5-3-6-12-28)44-42(45-37)30-13-7-4-8-14-30/h3-26H,1-2H3. The first-order chi connectivity index (χ1) is 23.0. The van der Waals surface area contributed by atoms with Crippen LogP contribution in [0.25, 0.3) is 56.2 Å². The highest BCUT2D eigenvalue weighted by Gasteiger charge is 2.37. The highest BCUT2D eigenvalue weighted by Crippen LogP contribution is 2.56. The van der Waals surface area contributed by atoms with E-state index in [0.717, 1.165) is 33.9 Å². The normalized spacial score (nSPS) is 13.7. The molecular formula is C43H30N2S2. The average Bonchev–Trinajstić information content (AvgIpc) is 3.35. The molecule has 0 amide bonds. The van der Waals surface area contributed by atoms with Gasteiger partial charge in [0.1, 0.15) is 0 Å². The lowest BCUT2D eigenvalue weighted by Gasteiger charge is -2.24. The molecule has 7 aromatic rings. The Hall–Kier alpha value is -4.90. The smallest absolute Gasteiger partial charge is 0.160 e. The highest BCUT2D eigenvalue weighted by atomic mass is 32.2. The first-order valence-electron chi connectivity index (χ1n) is 15.9. The van der Waals surface area contributed by atoms with Crippen molar-refractivity contribution in [1.29, 1.82) is 0 Å². The van der Waals surface area contributed by atoms with E-state index in [1.165, 1.54) is 53.0 Å². The molecule has 4 heteroatoms. The van der Waals surface area contributed by atoms with E-state index >= 15 is 0 Å². The van der Waals surface area contributed by atoms with Crippen LogP contribution < -0.4 is 0 Å². The van der Waals surface area contributed by atoms with E-state index < -0.39 is 0 Å². The third-order valence-electron chi connectivity index (χ3n) is 9.37. The van der Waals surface area contributed by atoms with Crippen LogP contribution in [0.15, 0.2) is 165 Å². The molecule has 2 nitrogen and oxygen atoms in total. The molecule has 0 spiro atoms. The predicted octanol–water partition coefficient (Wildman–Crippen LogP) is 12.1. The summed E-state index contributed by atoms with van der Waals surface area (Å²) < 4.78 is 0. The molecular weight excluding hydrogens is 609 g/mol. The molecule has 0 N–H and O–H groups in total. The van der Waals surface area contributed by atoms with Gasteiger partial charge < -0.3 is 0 Å². The van der Waals surface area contributed by atoms with Gasteiger partial charge in [0.15, 0.2) is 5.82 Å². The maximum Gasteiger partial charge on any atom is 0.160 e. The summed E-state index contributed by atoms with van der Waals surface area (Å²) in [6.07, 6.45) is 0. The highest BCUT2D eigenvalue weighted by molar-refractivity contribution is 8.05. The number of nitrogens with zero attached hydrogens (tertiary/aromatic N) is 2. The zero-order valence-corrected chi connectivity index (χ0v) is 27.7. The van der Waals surface area contributed by atoms with Gasteiger partial charge in [0.25, 0.3) is 0 Å². The summed E-state index contributed by atoms with van der Waals surface area (Å²) in [7, 11) is 0. The monoisotopic (exact) mass is 638 g/mol. The van der Waals surface area contributed by atoms with Gasteiger partial charge in [-0.05, 0) is 69.8 Å². The van der Waals surface area contributed by atoms with Gasteiger partial charge in [-0.3, -0.25) is 0 Å². The first kappa shape index (κ1) is 28.3. The Labute approximate surface area is 284 Å². The summed E-state index contributed by atoms with van der Waals surface area (Å²) in [4.78, 5) is 15.4. The number of benzene rings is 6. The fraction of sp³-hybridized carbons (Fsp3) is 0.0698. The van der Waals surface area contributed by atoms with Crippen LogP contribution in [0.1, 0.15) is 25.0 Å². The largest absolute Gasteiger partial charge is 0.228 e. The lowest BCUT2D eigenvalue weighted by Crippen LogP contribution is -2.15. The lowest BCUT2D eigenvalue weighted by atomic mass is 9.82. The van der Waals surface area contributed by atoms with Crippen molar-refractivity contribution in [3.8, 4) is 56.2 Å². The van der Waals surface area contributed by atoms with Gasteiger partial charge in [-0.25, -0.2) is 9.97 Å². The summed E-state index contributed by atoms with van der Waals surface area (Å²) in [5, 5.41) is 0. The molecule has 224 valence electrons. The van der Waals surface area contributed by atoms with Gasteiger partial charge in [-0.15, -0.1) is 0 Å². The molecule has 0 unspecified atom stereocenters. The van der Waals surface area contributed by atoms with E-state index in [1.54, 1.807) is 0 Å². The van der Waals surface area contributed by atoms with E-state index in [-0.39, 0.29) is 5.41 Å². The maximum atomic E-state index is 5.02. The molecule has 9 rings (SSSR count). The molecule has 47 heavy (non-hydrogen) atoms. The van der Waals surface area contributed by atoms with Crippen molar-refractivity contribution < 1.29 is 0 Å². The second-order valence-corrected chi connectivity index (χ2v) is 14.8. The van der Waals surface area contributed by atoms with Crippen molar-refractivity contribution in [2.24, 2.45) is 0 Å². The van der Waals surface area contributed by atoms with Crippen LogP contribution in [-0.2, 0) is 5.41 Å². The third kappa shape index (κ3) is 4.91. The Morgan fingerprint density at radius 2 is 0.915 bits per heavy atom. The third-order valence-corrected chi connectivity index (χ3v) is 11.9. The average molecular weight is 639 g/mol. The lowest BCUT2D eigenvalue weighted by molar-refractivity contribution is 0.657. The van der Waals surface area contributed by atoms with Crippen molar-refractivity contribution in [3.05, 3.63) is 157 Å². The quantitative estimate of drug-likeness (QED) is 0.192. The Morgan fingerprint density at radius 1 is 0.404 bits per heavy atom. The molecule has 0 bridgehead atoms. The second-order valence-electron chi connectivity index (χ2n) is 12.7. The summed E-state index contributed by atoms with van der Waals surface area (Å²) in [5.41, 5.74) is 12.9. The molecule has 1 aliphatic carbocycles. The van der Waals surface area contributed by atoms with Crippen molar-refractivity contribution in [2.75, 3.05) is 0 Å². The fourth-order valence-electron chi connectivity index (χ4n) is 6.85. The van der Waals surface area contributed by atoms with E-state index in [4.69, 9.17) is 9.97 Å². The van der Waals surface area contributed by atoms with Crippen molar-refractivity contribution in [3.63, 3.8) is 0 Å². The van der Waals surface area contributed by atoms with Gasteiger partial charge in [0, 0.05) is 41.7 Å². The molecule has 2 aliphatic rings. The zero-order chi connectivity index (χ0) is 31.5. The number of hydrogen-bond donors (Lipinski definition) is 0. The summed E-state index contributed by atoms with van der Waals surface area (Å²) >= 11 is 3.79. The Bertz CT molecular complexity index is 2250. The molecule has 1 aromatic heterocycles.